The molecular weight excluding hydrogens is 483 g/mol. The quantitative estimate of drug-likeness (QED) is 0.329. The Balaban J connectivity index is 1.33. The fourth-order valence-corrected chi connectivity index (χ4v) is 4.33. The topological polar surface area (TPSA) is 123 Å². The van der Waals surface area contributed by atoms with Crippen LogP contribution in [0.25, 0.3) is 33.6 Å². The van der Waals surface area contributed by atoms with Crippen molar-refractivity contribution in [3.8, 4) is 28.5 Å². The van der Waals surface area contributed by atoms with E-state index in [-0.39, 0.29) is 30.9 Å². The van der Waals surface area contributed by atoms with E-state index in [1.807, 2.05) is 0 Å². The summed E-state index contributed by atoms with van der Waals surface area (Å²) in [5.74, 6) is -0.154. The van der Waals surface area contributed by atoms with Crippen molar-refractivity contribution in [3.05, 3.63) is 53.8 Å². The molecular formula is C26H27FN4O6. The highest BCUT2D eigenvalue weighted by Gasteiger charge is 2.27. The van der Waals surface area contributed by atoms with Crippen molar-refractivity contribution in [1.29, 1.82) is 0 Å². The summed E-state index contributed by atoms with van der Waals surface area (Å²) in [5.41, 5.74) is 2.85. The third-order valence-electron chi connectivity index (χ3n) is 6.28. The van der Waals surface area contributed by atoms with E-state index >= 15 is 0 Å². The van der Waals surface area contributed by atoms with Crippen LogP contribution in [0.4, 0.5) is 4.39 Å². The molecule has 0 radical (unpaired) electrons. The van der Waals surface area contributed by atoms with Crippen molar-refractivity contribution in [2.24, 2.45) is 0 Å². The first-order valence-electron chi connectivity index (χ1n) is 12.0. The summed E-state index contributed by atoms with van der Waals surface area (Å²) in [6.45, 7) is 1.94. The molecule has 1 amide bonds. The molecule has 0 bridgehead atoms. The van der Waals surface area contributed by atoms with Crippen LogP contribution in [0.15, 0.2) is 47.0 Å². The molecule has 2 aromatic heterocycles. The number of morpholine rings is 1. The Morgan fingerprint density at radius 3 is 2.86 bits per heavy atom. The second kappa shape index (κ2) is 11.1. The largest absolute Gasteiger partial charge is 0.488 e. The van der Waals surface area contributed by atoms with Crippen molar-refractivity contribution in [3.63, 3.8) is 0 Å². The number of hydrogen-bond donors (Lipinski definition) is 2. The van der Waals surface area contributed by atoms with Gasteiger partial charge in [0, 0.05) is 48.9 Å². The molecule has 37 heavy (non-hydrogen) atoms. The summed E-state index contributed by atoms with van der Waals surface area (Å²) in [5, 5.41) is 21.1. The van der Waals surface area contributed by atoms with Gasteiger partial charge in [0.1, 0.15) is 18.0 Å². The summed E-state index contributed by atoms with van der Waals surface area (Å²) < 4.78 is 35.9. The number of aromatic nitrogens is 3. The number of rotatable bonds is 9. The molecule has 11 heteroatoms. The highest BCUT2D eigenvalue weighted by atomic mass is 19.1. The van der Waals surface area contributed by atoms with E-state index in [1.54, 1.807) is 48.4 Å². The lowest BCUT2D eigenvalue weighted by molar-refractivity contribution is -0.00829. The predicted molar refractivity (Wildman–Crippen MR) is 132 cm³/mol. The number of carbonyl (C=O) groups excluding carboxylic acids is 1. The molecule has 3 heterocycles. The normalized spacial score (nSPS) is 15.9. The number of aromatic amines is 1. The minimum atomic E-state index is -0.521. The number of hydrogen-bond acceptors (Lipinski definition) is 8. The minimum absolute atomic E-state index is 0.00745. The van der Waals surface area contributed by atoms with Gasteiger partial charge in [-0.2, -0.15) is 5.10 Å². The van der Waals surface area contributed by atoms with Crippen LogP contribution in [0.3, 0.4) is 0 Å². The third-order valence-corrected chi connectivity index (χ3v) is 6.28. The lowest BCUT2D eigenvalue weighted by Gasteiger charge is -2.35. The number of benzene rings is 2. The van der Waals surface area contributed by atoms with E-state index in [0.717, 1.165) is 5.56 Å². The van der Waals surface area contributed by atoms with Gasteiger partial charge in [0.25, 0.3) is 5.91 Å². The van der Waals surface area contributed by atoms with Gasteiger partial charge in [0.2, 0.25) is 0 Å². The maximum atomic E-state index is 14.6. The molecule has 1 aliphatic heterocycles. The number of methoxy groups -OCH3 is 1. The van der Waals surface area contributed by atoms with E-state index in [4.69, 9.17) is 18.7 Å². The van der Waals surface area contributed by atoms with Crippen LogP contribution >= 0.6 is 0 Å². The standard InChI is InChI=1S/C26H27FN4O6/c1-34-10-11-36-23-14-22-19(12-20(23)27)25(29-28-22)24-13-21(30-37-24)16-2-4-17(5-3-16)26(33)31-7-9-35-15-18(31)6-8-32/h2-5,12-14,18,32H,6-11,15H2,1H3,(H,28,29)/t18-/m1/s1. The Morgan fingerprint density at radius 1 is 1.24 bits per heavy atom. The Labute approximate surface area is 211 Å². The molecule has 194 valence electrons. The van der Waals surface area contributed by atoms with E-state index in [0.29, 0.717) is 66.4 Å². The average molecular weight is 511 g/mol. The number of amides is 1. The van der Waals surface area contributed by atoms with Gasteiger partial charge in [-0.15, -0.1) is 0 Å². The highest BCUT2D eigenvalue weighted by molar-refractivity contribution is 5.95. The number of ether oxygens (including phenoxy) is 3. The van der Waals surface area contributed by atoms with E-state index < -0.39 is 5.82 Å². The van der Waals surface area contributed by atoms with Crippen molar-refractivity contribution < 1.29 is 33.0 Å². The lowest BCUT2D eigenvalue weighted by Crippen LogP contribution is -2.49. The third kappa shape index (κ3) is 5.19. The van der Waals surface area contributed by atoms with Gasteiger partial charge in [0.05, 0.1) is 31.4 Å². The number of carbonyl (C=O) groups is 1. The molecule has 1 aliphatic rings. The molecule has 0 saturated carbocycles. The monoisotopic (exact) mass is 510 g/mol. The van der Waals surface area contributed by atoms with Gasteiger partial charge >= 0.3 is 0 Å². The van der Waals surface area contributed by atoms with Crippen molar-refractivity contribution in [2.75, 3.05) is 46.7 Å². The molecule has 0 aliphatic carbocycles. The Bertz CT molecular complexity index is 1370. The molecule has 2 aromatic carbocycles. The second-order valence-electron chi connectivity index (χ2n) is 8.64. The summed E-state index contributed by atoms with van der Waals surface area (Å²) in [6.07, 6.45) is 0.472. The van der Waals surface area contributed by atoms with Crippen molar-refractivity contribution >= 4 is 16.8 Å². The molecule has 10 nitrogen and oxygen atoms in total. The molecule has 0 spiro atoms. The zero-order chi connectivity index (χ0) is 25.8. The molecule has 0 unspecified atom stereocenters. The number of halogens is 1. The minimum Gasteiger partial charge on any atom is -0.488 e. The van der Waals surface area contributed by atoms with Crippen LogP contribution in [-0.2, 0) is 9.47 Å². The Kier molecular flexibility index (Phi) is 7.45. The van der Waals surface area contributed by atoms with Crippen LogP contribution < -0.4 is 4.74 Å². The van der Waals surface area contributed by atoms with Crippen LogP contribution in [-0.4, -0.2) is 84.0 Å². The number of nitrogens with one attached hydrogen (secondary N) is 1. The van der Waals surface area contributed by atoms with Gasteiger partial charge in [0.15, 0.2) is 17.3 Å². The molecule has 5 rings (SSSR count). The zero-order valence-electron chi connectivity index (χ0n) is 20.3. The molecule has 4 aromatic rings. The average Bonchev–Trinajstić information content (AvgIpc) is 3.56. The highest BCUT2D eigenvalue weighted by Crippen LogP contribution is 2.33. The number of fused-ring (bicyclic) bond motifs is 1. The SMILES string of the molecule is COCCOc1cc2[nH]nc(-c3cc(-c4ccc(C(=O)N5CCOC[C@H]5CCO)cc4)no3)c2cc1F. The fraction of sp³-hybridized carbons (Fsp3) is 0.346. The van der Waals surface area contributed by atoms with E-state index in [1.165, 1.54) is 6.07 Å². The van der Waals surface area contributed by atoms with Crippen LogP contribution in [0.1, 0.15) is 16.8 Å². The van der Waals surface area contributed by atoms with Gasteiger partial charge in [-0.1, -0.05) is 17.3 Å². The Morgan fingerprint density at radius 2 is 2.08 bits per heavy atom. The van der Waals surface area contributed by atoms with Crippen molar-refractivity contribution in [2.45, 2.75) is 12.5 Å². The summed E-state index contributed by atoms with van der Waals surface area (Å²) in [7, 11) is 1.55. The first-order chi connectivity index (χ1) is 18.1. The first-order valence-corrected chi connectivity index (χ1v) is 12.0. The zero-order valence-corrected chi connectivity index (χ0v) is 20.3. The van der Waals surface area contributed by atoms with Crippen LogP contribution in [0.2, 0.25) is 0 Å². The summed E-state index contributed by atoms with van der Waals surface area (Å²) in [4.78, 5) is 14.8. The molecule has 1 atom stereocenters. The van der Waals surface area contributed by atoms with Gasteiger partial charge in [-0.05, 0) is 24.6 Å². The van der Waals surface area contributed by atoms with Gasteiger partial charge < -0.3 is 28.7 Å². The first kappa shape index (κ1) is 24.9. The second-order valence-corrected chi connectivity index (χ2v) is 8.64. The van der Waals surface area contributed by atoms with Crippen LogP contribution in [0, 0.1) is 5.82 Å². The lowest BCUT2D eigenvalue weighted by atomic mass is 10.1. The molecule has 2 N–H and O–H groups in total. The Hall–Kier alpha value is -3.80. The predicted octanol–water partition coefficient (Wildman–Crippen LogP) is 3.27. The number of H-pyrrole nitrogens is 1. The van der Waals surface area contributed by atoms with Gasteiger partial charge in [-0.25, -0.2) is 4.39 Å². The van der Waals surface area contributed by atoms with Crippen LogP contribution in [0.5, 0.6) is 5.75 Å². The maximum Gasteiger partial charge on any atom is 0.254 e. The number of nitrogens with zero attached hydrogens (tertiary/aromatic N) is 3. The van der Waals surface area contributed by atoms with Crippen molar-refractivity contribution in [1.82, 2.24) is 20.3 Å². The molecule has 1 fully saturated rings. The molecule has 1 saturated heterocycles. The fourth-order valence-electron chi connectivity index (χ4n) is 4.33. The van der Waals surface area contributed by atoms with Gasteiger partial charge in [-0.3, -0.25) is 9.89 Å². The van der Waals surface area contributed by atoms with E-state index in [9.17, 15) is 14.3 Å². The number of aliphatic hydroxyl groups excluding tert-OH is 1. The number of aliphatic hydroxyl groups is 1. The maximum absolute atomic E-state index is 14.6. The summed E-state index contributed by atoms with van der Waals surface area (Å²) >= 11 is 0. The smallest absolute Gasteiger partial charge is 0.254 e. The summed E-state index contributed by atoms with van der Waals surface area (Å²) in [6, 6.07) is 11.5. The van der Waals surface area contributed by atoms with E-state index in [2.05, 4.69) is 15.4 Å².